The Balaban J connectivity index is 4.27. The molecular weight excluding hydrogens is 576 g/mol. The maximum Gasteiger partial charge on any atom is 0.306 e. The molecule has 6 nitrogen and oxygen atoms in total. The Morgan fingerprint density at radius 3 is 1.07 bits per heavy atom. The fourth-order valence-electron chi connectivity index (χ4n) is 5.69. The van der Waals surface area contributed by atoms with Gasteiger partial charge in [-0.05, 0) is 31.1 Å². The molecule has 1 atom stereocenters. The molecule has 0 saturated carbocycles. The minimum Gasteiger partial charge on any atom is -0.462 e. The molecule has 0 heterocycles. The number of esters is 3. The summed E-state index contributed by atoms with van der Waals surface area (Å²) in [5.41, 5.74) is 0. The summed E-state index contributed by atoms with van der Waals surface area (Å²) in [5.74, 6) is 0.716. The molecule has 0 unspecified atom stereocenters. The van der Waals surface area contributed by atoms with E-state index in [1.807, 2.05) is 0 Å². The normalized spacial score (nSPS) is 12.1. The first kappa shape index (κ1) is 44.4. The van der Waals surface area contributed by atoms with Crippen molar-refractivity contribution in [3.63, 3.8) is 0 Å². The van der Waals surface area contributed by atoms with Crippen molar-refractivity contribution in [1.29, 1.82) is 0 Å². The number of carbonyl (C=O) groups is 3. The summed E-state index contributed by atoms with van der Waals surface area (Å²) >= 11 is 0. The summed E-state index contributed by atoms with van der Waals surface area (Å²) in [7, 11) is 0. The van der Waals surface area contributed by atoms with Crippen molar-refractivity contribution in [2.45, 2.75) is 214 Å². The SMILES string of the molecule is CCCCCCCC(=O)OC[C@H](COC(=O)CCCCCCCCCC(C)C)OC(=O)CCCCCCCCCCCCC(C)C. The van der Waals surface area contributed by atoms with Crippen LogP contribution in [0.5, 0.6) is 0 Å². The Morgan fingerprint density at radius 2 is 0.717 bits per heavy atom. The molecule has 0 saturated heterocycles. The summed E-state index contributed by atoms with van der Waals surface area (Å²) in [5, 5.41) is 0. The molecule has 0 aromatic heterocycles. The van der Waals surface area contributed by atoms with Crippen LogP contribution in [0.15, 0.2) is 0 Å². The Labute approximate surface area is 285 Å². The molecule has 0 aliphatic heterocycles. The van der Waals surface area contributed by atoms with Gasteiger partial charge in [-0.1, -0.05) is 169 Å². The van der Waals surface area contributed by atoms with Crippen molar-refractivity contribution < 1.29 is 28.6 Å². The zero-order valence-corrected chi connectivity index (χ0v) is 31.2. The predicted octanol–water partition coefficient (Wildman–Crippen LogP) is 11.8. The quantitative estimate of drug-likeness (QED) is 0.0391. The van der Waals surface area contributed by atoms with Gasteiger partial charge >= 0.3 is 17.9 Å². The molecule has 0 aromatic carbocycles. The number of ether oxygens (including phenoxy) is 3. The molecule has 0 bridgehead atoms. The number of hydrogen-bond acceptors (Lipinski definition) is 6. The van der Waals surface area contributed by atoms with E-state index >= 15 is 0 Å². The second kappa shape index (κ2) is 33.3. The van der Waals surface area contributed by atoms with Crippen LogP contribution in [-0.2, 0) is 28.6 Å². The molecule has 6 heteroatoms. The number of hydrogen-bond donors (Lipinski definition) is 0. The van der Waals surface area contributed by atoms with Crippen LogP contribution < -0.4 is 0 Å². The molecule has 46 heavy (non-hydrogen) atoms. The minimum absolute atomic E-state index is 0.0678. The maximum atomic E-state index is 12.6. The van der Waals surface area contributed by atoms with Crippen LogP contribution in [0, 0.1) is 11.8 Å². The molecule has 0 amide bonds. The molecule has 0 N–H and O–H groups in total. The number of rotatable bonds is 34. The lowest BCUT2D eigenvalue weighted by Gasteiger charge is -2.18. The van der Waals surface area contributed by atoms with Crippen molar-refractivity contribution >= 4 is 17.9 Å². The highest BCUT2D eigenvalue weighted by molar-refractivity contribution is 5.71. The smallest absolute Gasteiger partial charge is 0.306 e. The molecule has 0 aliphatic carbocycles. The van der Waals surface area contributed by atoms with Crippen LogP contribution in [0.1, 0.15) is 208 Å². The van der Waals surface area contributed by atoms with Gasteiger partial charge in [-0.25, -0.2) is 0 Å². The van der Waals surface area contributed by atoms with Gasteiger partial charge in [0.15, 0.2) is 6.10 Å². The first-order valence-electron chi connectivity index (χ1n) is 19.7. The van der Waals surface area contributed by atoms with Crippen LogP contribution in [-0.4, -0.2) is 37.2 Å². The fraction of sp³-hybridized carbons (Fsp3) is 0.925. The first-order valence-corrected chi connectivity index (χ1v) is 19.7. The third-order valence-corrected chi connectivity index (χ3v) is 8.72. The Morgan fingerprint density at radius 1 is 0.413 bits per heavy atom. The van der Waals surface area contributed by atoms with Crippen molar-refractivity contribution in [1.82, 2.24) is 0 Å². The Kier molecular flexibility index (Phi) is 32.2. The molecular formula is C40H76O6. The highest BCUT2D eigenvalue weighted by Gasteiger charge is 2.19. The highest BCUT2D eigenvalue weighted by atomic mass is 16.6. The second-order valence-electron chi connectivity index (χ2n) is 14.5. The average molecular weight is 653 g/mol. The van der Waals surface area contributed by atoms with E-state index in [1.165, 1.54) is 89.9 Å². The van der Waals surface area contributed by atoms with Crippen LogP contribution in [0.3, 0.4) is 0 Å². The molecule has 0 aliphatic rings. The minimum atomic E-state index is -0.758. The molecule has 0 aromatic rings. The molecule has 272 valence electrons. The van der Waals surface area contributed by atoms with Gasteiger partial charge in [0.05, 0.1) is 0 Å². The fourth-order valence-corrected chi connectivity index (χ4v) is 5.69. The first-order chi connectivity index (χ1) is 22.2. The standard InChI is InChI=1S/C40H76O6/c1-6-7-8-18-25-30-38(41)44-33-37(34-45-39(42)31-26-21-17-13-15-20-24-29-36(4)5)46-40(43)32-27-22-16-12-10-9-11-14-19-23-28-35(2)3/h35-37H,6-34H2,1-5H3/t37-/m1/s1. The monoisotopic (exact) mass is 653 g/mol. The van der Waals surface area contributed by atoms with E-state index in [9.17, 15) is 14.4 Å². The van der Waals surface area contributed by atoms with Crippen LogP contribution in [0.25, 0.3) is 0 Å². The van der Waals surface area contributed by atoms with E-state index in [2.05, 4.69) is 34.6 Å². The molecule has 0 radical (unpaired) electrons. The van der Waals surface area contributed by atoms with E-state index in [1.54, 1.807) is 0 Å². The Hall–Kier alpha value is -1.59. The summed E-state index contributed by atoms with van der Waals surface area (Å²) in [4.78, 5) is 37.2. The van der Waals surface area contributed by atoms with Crippen LogP contribution in [0.2, 0.25) is 0 Å². The van der Waals surface area contributed by atoms with Crippen molar-refractivity contribution in [3.05, 3.63) is 0 Å². The van der Waals surface area contributed by atoms with E-state index in [-0.39, 0.29) is 31.1 Å². The van der Waals surface area contributed by atoms with Crippen LogP contribution in [0.4, 0.5) is 0 Å². The van der Waals surface area contributed by atoms with Crippen molar-refractivity contribution in [2.24, 2.45) is 11.8 Å². The van der Waals surface area contributed by atoms with Gasteiger partial charge in [-0.2, -0.15) is 0 Å². The summed E-state index contributed by atoms with van der Waals surface area (Å²) in [6.07, 6.45) is 28.4. The largest absolute Gasteiger partial charge is 0.462 e. The van der Waals surface area contributed by atoms with Crippen molar-refractivity contribution in [3.8, 4) is 0 Å². The average Bonchev–Trinajstić information content (AvgIpc) is 3.01. The zero-order chi connectivity index (χ0) is 34.1. The van der Waals surface area contributed by atoms with E-state index in [4.69, 9.17) is 14.2 Å². The summed E-state index contributed by atoms with van der Waals surface area (Å²) in [6.45, 7) is 11.2. The van der Waals surface area contributed by atoms with Gasteiger partial charge in [-0.15, -0.1) is 0 Å². The van der Waals surface area contributed by atoms with Gasteiger partial charge in [0.25, 0.3) is 0 Å². The maximum absolute atomic E-state index is 12.6. The molecule has 0 spiro atoms. The third-order valence-electron chi connectivity index (χ3n) is 8.72. The highest BCUT2D eigenvalue weighted by Crippen LogP contribution is 2.15. The second-order valence-corrected chi connectivity index (χ2v) is 14.5. The van der Waals surface area contributed by atoms with Crippen molar-refractivity contribution in [2.75, 3.05) is 13.2 Å². The number of carbonyl (C=O) groups excluding carboxylic acids is 3. The summed E-state index contributed by atoms with van der Waals surface area (Å²) in [6, 6.07) is 0. The lowest BCUT2D eigenvalue weighted by molar-refractivity contribution is -0.167. The number of unbranched alkanes of at least 4 members (excludes halogenated alkanes) is 19. The zero-order valence-electron chi connectivity index (χ0n) is 31.2. The van der Waals surface area contributed by atoms with E-state index < -0.39 is 6.10 Å². The predicted molar refractivity (Wildman–Crippen MR) is 192 cm³/mol. The summed E-state index contributed by atoms with van der Waals surface area (Å²) < 4.78 is 16.5. The molecule has 0 fully saturated rings. The van der Waals surface area contributed by atoms with E-state index in [0.29, 0.717) is 19.3 Å². The lowest BCUT2D eigenvalue weighted by atomic mass is 10.0. The van der Waals surface area contributed by atoms with Gasteiger partial charge < -0.3 is 14.2 Å². The van der Waals surface area contributed by atoms with Gasteiger partial charge in [0, 0.05) is 19.3 Å². The molecule has 0 rings (SSSR count). The van der Waals surface area contributed by atoms with Gasteiger partial charge in [0.1, 0.15) is 13.2 Å². The van der Waals surface area contributed by atoms with E-state index in [0.717, 1.165) is 76.0 Å². The Bertz CT molecular complexity index is 704. The van der Waals surface area contributed by atoms with Gasteiger partial charge in [-0.3, -0.25) is 14.4 Å². The topological polar surface area (TPSA) is 78.9 Å². The van der Waals surface area contributed by atoms with Crippen LogP contribution >= 0.6 is 0 Å². The van der Waals surface area contributed by atoms with Gasteiger partial charge in [0.2, 0.25) is 0 Å². The lowest BCUT2D eigenvalue weighted by Crippen LogP contribution is -2.30. The third kappa shape index (κ3) is 33.8.